The van der Waals surface area contributed by atoms with E-state index in [1.54, 1.807) is 18.2 Å². The van der Waals surface area contributed by atoms with E-state index in [1.165, 1.54) is 12.1 Å². The molecule has 2 aromatic carbocycles. The average molecular weight is 291 g/mol. The fourth-order valence-corrected chi connectivity index (χ4v) is 1.81. The first-order valence-electron chi connectivity index (χ1n) is 6.02. The highest BCUT2D eigenvalue weighted by Gasteiger charge is 2.24. The molecule has 2 rings (SSSR count). The average Bonchev–Trinajstić information content (AvgIpc) is 2.47. The van der Waals surface area contributed by atoms with Crippen LogP contribution >= 0.6 is 0 Å². The third-order valence-electron chi connectivity index (χ3n) is 2.83. The molecule has 0 fully saturated rings. The maximum atomic E-state index is 13.5. The minimum absolute atomic E-state index is 0.329. The van der Waals surface area contributed by atoms with Crippen LogP contribution in [0.2, 0.25) is 0 Å². The van der Waals surface area contributed by atoms with Crippen molar-refractivity contribution in [3.63, 3.8) is 0 Å². The molecule has 6 heteroatoms. The molecule has 0 aliphatic heterocycles. The number of aliphatic carboxylic acids is 1. The van der Waals surface area contributed by atoms with Crippen LogP contribution in [-0.4, -0.2) is 17.0 Å². The van der Waals surface area contributed by atoms with Crippen LogP contribution in [0.25, 0.3) is 0 Å². The summed E-state index contributed by atoms with van der Waals surface area (Å²) in [4.78, 5) is 23.2. The Balaban J connectivity index is 2.27. The smallest absolute Gasteiger partial charge is 0.330 e. The largest absolute Gasteiger partial charge is 0.479 e. The van der Waals surface area contributed by atoms with Gasteiger partial charge in [0.2, 0.25) is 0 Å². The standard InChI is InChI=1S/C15H11F2NO3/c16-10-6-7-12(17)11(8-10)14(19)18-13(15(20)21)9-4-2-1-3-5-9/h1-8,13H,(H,18,19)(H,20,21)/t13-/m0/s1. The number of amides is 1. The number of benzene rings is 2. The molecule has 0 spiro atoms. The van der Waals surface area contributed by atoms with Gasteiger partial charge in [-0.15, -0.1) is 0 Å². The lowest BCUT2D eigenvalue weighted by atomic mass is 10.1. The van der Waals surface area contributed by atoms with Crippen molar-refractivity contribution in [3.8, 4) is 0 Å². The summed E-state index contributed by atoms with van der Waals surface area (Å²) in [5.41, 5.74) is -0.215. The van der Waals surface area contributed by atoms with E-state index in [-0.39, 0.29) is 0 Å². The van der Waals surface area contributed by atoms with E-state index in [4.69, 9.17) is 5.11 Å². The van der Waals surface area contributed by atoms with Crippen LogP contribution in [0.4, 0.5) is 8.78 Å². The van der Waals surface area contributed by atoms with Gasteiger partial charge in [-0.2, -0.15) is 0 Å². The van der Waals surface area contributed by atoms with Crippen LogP contribution in [0, 0.1) is 11.6 Å². The molecular weight excluding hydrogens is 280 g/mol. The molecule has 0 aliphatic rings. The molecule has 0 unspecified atom stereocenters. The summed E-state index contributed by atoms with van der Waals surface area (Å²) < 4.78 is 26.6. The summed E-state index contributed by atoms with van der Waals surface area (Å²) in [6, 6.07) is 9.00. The zero-order chi connectivity index (χ0) is 15.4. The van der Waals surface area contributed by atoms with Gasteiger partial charge < -0.3 is 10.4 Å². The minimum Gasteiger partial charge on any atom is -0.479 e. The Hall–Kier alpha value is -2.76. The van der Waals surface area contributed by atoms with Crippen molar-refractivity contribution < 1.29 is 23.5 Å². The third kappa shape index (κ3) is 3.42. The van der Waals surface area contributed by atoms with E-state index >= 15 is 0 Å². The summed E-state index contributed by atoms with van der Waals surface area (Å²) >= 11 is 0. The fourth-order valence-electron chi connectivity index (χ4n) is 1.81. The molecule has 0 radical (unpaired) electrons. The Morgan fingerprint density at radius 3 is 2.33 bits per heavy atom. The highest BCUT2D eigenvalue weighted by atomic mass is 19.1. The molecule has 1 amide bonds. The van der Waals surface area contributed by atoms with Gasteiger partial charge in [0.25, 0.3) is 5.91 Å². The van der Waals surface area contributed by atoms with Crippen molar-refractivity contribution >= 4 is 11.9 Å². The van der Waals surface area contributed by atoms with Gasteiger partial charge >= 0.3 is 5.97 Å². The fraction of sp³-hybridized carbons (Fsp3) is 0.0667. The van der Waals surface area contributed by atoms with Gasteiger partial charge in [0.05, 0.1) is 5.56 Å². The summed E-state index contributed by atoms with van der Waals surface area (Å²) in [5, 5.41) is 11.3. The lowest BCUT2D eigenvalue weighted by Gasteiger charge is -2.15. The van der Waals surface area contributed by atoms with E-state index in [1.807, 2.05) is 0 Å². The van der Waals surface area contributed by atoms with E-state index in [9.17, 15) is 18.4 Å². The van der Waals surface area contributed by atoms with Gasteiger partial charge in [-0.3, -0.25) is 4.79 Å². The van der Waals surface area contributed by atoms with Crippen LogP contribution in [0.1, 0.15) is 22.0 Å². The van der Waals surface area contributed by atoms with Crippen LogP contribution in [0.3, 0.4) is 0 Å². The molecule has 2 N–H and O–H groups in total. The van der Waals surface area contributed by atoms with Gasteiger partial charge in [-0.1, -0.05) is 30.3 Å². The van der Waals surface area contributed by atoms with Crippen LogP contribution in [0.15, 0.2) is 48.5 Å². The highest BCUT2D eigenvalue weighted by molar-refractivity contribution is 5.97. The first-order valence-corrected chi connectivity index (χ1v) is 6.02. The molecule has 2 aromatic rings. The molecule has 0 saturated carbocycles. The normalized spacial score (nSPS) is 11.7. The van der Waals surface area contributed by atoms with Gasteiger partial charge in [0.15, 0.2) is 6.04 Å². The Morgan fingerprint density at radius 1 is 1.05 bits per heavy atom. The first-order chi connectivity index (χ1) is 9.99. The summed E-state index contributed by atoms with van der Waals surface area (Å²) in [6.45, 7) is 0. The van der Waals surface area contributed by atoms with E-state index in [2.05, 4.69) is 5.32 Å². The van der Waals surface area contributed by atoms with Crippen molar-refractivity contribution in [1.82, 2.24) is 5.32 Å². The van der Waals surface area contributed by atoms with Crippen LogP contribution in [-0.2, 0) is 4.79 Å². The predicted octanol–water partition coefficient (Wildman–Crippen LogP) is 2.52. The highest BCUT2D eigenvalue weighted by Crippen LogP contribution is 2.15. The number of carbonyl (C=O) groups excluding carboxylic acids is 1. The molecule has 0 bridgehead atoms. The Kier molecular flexibility index (Phi) is 4.27. The van der Waals surface area contributed by atoms with Gasteiger partial charge in [-0.05, 0) is 23.8 Å². The van der Waals surface area contributed by atoms with E-state index < -0.39 is 35.1 Å². The molecule has 0 saturated heterocycles. The van der Waals surface area contributed by atoms with Gasteiger partial charge in [0, 0.05) is 0 Å². The van der Waals surface area contributed by atoms with Crippen molar-refractivity contribution in [2.75, 3.05) is 0 Å². The monoisotopic (exact) mass is 291 g/mol. The second kappa shape index (κ2) is 6.13. The molecule has 1 atom stereocenters. The van der Waals surface area contributed by atoms with E-state index in [0.29, 0.717) is 11.6 Å². The van der Waals surface area contributed by atoms with Gasteiger partial charge in [-0.25, -0.2) is 13.6 Å². The number of halogens is 2. The summed E-state index contributed by atoms with van der Waals surface area (Å²) in [5.74, 6) is -4.01. The lowest BCUT2D eigenvalue weighted by Crippen LogP contribution is -2.34. The summed E-state index contributed by atoms with van der Waals surface area (Å²) in [7, 11) is 0. The van der Waals surface area contributed by atoms with Crippen molar-refractivity contribution in [1.29, 1.82) is 0 Å². The number of hydrogen-bond donors (Lipinski definition) is 2. The van der Waals surface area contributed by atoms with Crippen molar-refractivity contribution in [3.05, 3.63) is 71.3 Å². The quantitative estimate of drug-likeness (QED) is 0.909. The third-order valence-corrected chi connectivity index (χ3v) is 2.83. The molecule has 0 heterocycles. The maximum Gasteiger partial charge on any atom is 0.330 e. The second-order valence-electron chi connectivity index (χ2n) is 4.28. The lowest BCUT2D eigenvalue weighted by molar-refractivity contribution is -0.139. The molecule has 4 nitrogen and oxygen atoms in total. The number of nitrogens with one attached hydrogen (secondary N) is 1. The topological polar surface area (TPSA) is 66.4 Å². The number of carbonyl (C=O) groups is 2. The molecular formula is C15H11F2NO3. The van der Waals surface area contributed by atoms with E-state index in [0.717, 1.165) is 12.1 Å². The Bertz CT molecular complexity index is 674. The molecule has 0 aromatic heterocycles. The Labute approximate surface area is 119 Å². The van der Waals surface area contributed by atoms with Crippen LogP contribution < -0.4 is 5.32 Å². The zero-order valence-electron chi connectivity index (χ0n) is 10.7. The number of carboxylic acid groups (broad SMARTS) is 1. The Morgan fingerprint density at radius 2 is 1.71 bits per heavy atom. The maximum absolute atomic E-state index is 13.5. The number of carboxylic acids is 1. The van der Waals surface area contributed by atoms with Gasteiger partial charge in [0.1, 0.15) is 11.6 Å². The van der Waals surface area contributed by atoms with Crippen LogP contribution in [0.5, 0.6) is 0 Å². The minimum atomic E-state index is -1.35. The van der Waals surface area contributed by atoms with Crippen molar-refractivity contribution in [2.24, 2.45) is 0 Å². The molecule has 108 valence electrons. The summed E-state index contributed by atoms with van der Waals surface area (Å²) in [6.07, 6.45) is 0. The zero-order valence-corrected chi connectivity index (χ0v) is 10.7. The van der Waals surface area contributed by atoms with Crippen molar-refractivity contribution in [2.45, 2.75) is 6.04 Å². The SMILES string of the molecule is O=C(N[C@H](C(=O)O)c1ccccc1)c1cc(F)ccc1F. The predicted molar refractivity (Wildman–Crippen MR) is 70.6 cm³/mol. The second-order valence-corrected chi connectivity index (χ2v) is 4.28. The molecule has 0 aliphatic carbocycles. The molecule has 21 heavy (non-hydrogen) atoms. The number of rotatable bonds is 4. The number of hydrogen-bond acceptors (Lipinski definition) is 2. The first kappa shape index (κ1) is 14.6.